The van der Waals surface area contributed by atoms with Gasteiger partial charge in [0.15, 0.2) is 0 Å². The molecule has 0 aliphatic carbocycles. The van der Waals surface area contributed by atoms with E-state index in [4.69, 9.17) is 4.74 Å². The number of aliphatic hydroxyl groups excluding tert-OH is 1. The van der Waals surface area contributed by atoms with E-state index in [9.17, 15) is 19.5 Å². The molecule has 2 aromatic rings. The quantitative estimate of drug-likeness (QED) is 0.264. The summed E-state index contributed by atoms with van der Waals surface area (Å²) in [6, 6.07) is 6.60. The van der Waals surface area contributed by atoms with E-state index in [0.717, 1.165) is 11.9 Å². The number of carbonyl (C=O) groups excluding carboxylic acids is 3. The van der Waals surface area contributed by atoms with Gasteiger partial charge in [0.1, 0.15) is 23.8 Å². The zero-order chi connectivity index (χ0) is 30.9. The first-order chi connectivity index (χ1) is 20.7. The van der Waals surface area contributed by atoms with Gasteiger partial charge < -0.3 is 24.5 Å². The fraction of sp³-hybridized carbons (Fsp3) is 0.594. The lowest BCUT2D eigenvalue weighted by atomic mass is 9.62. The smallest absolute Gasteiger partial charge is 0.250 e. The van der Waals surface area contributed by atoms with Crippen LogP contribution < -0.4 is 0 Å². The van der Waals surface area contributed by atoms with E-state index in [1.54, 1.807) is 31.5 Å². The van der Waals surface area contributed by atoms with Gasteiger partial charge in [-0.1, -0.05) is 43.3 Å². The second kappa shape index (κ2) is 12.2. The third-order valence-electron chi connectivity index (χ3n) is 9.66. The Morgan fingerprint density at radius 1 is 1.16 bits per heavy atom. The predicted molar refractivity (Wildman–Crippen MR) is 161 cm³/mol. The number of para-hydroxylation sites is 1. The van der Waals surface area contributed by atoms with Gasteiger partial charge in [-0.2, -0.15) is 0 Å². The van der Waals surface area contributed by atoms with E-state index >= 15 is 0 Å². The van der Waals surface area contributed by atoms with E-state index in [-0.39, 0.29) is 50.0 Å². The zero-order valence-corrected chi connectivity index (χ0v) is 25.5. The van der Waals surface area contributed by atoms with Crippen LogP contribution >= 0.6 is 0 Å². The predicted octanol–water partition coefficient (Wildman–Crippen LogP) is 2.61. The molecule has 1 aromatic carbocycles. The number of fused-ring (bicyclic) bond motifs is 2. The molecule has 3 unspecified atom stereocenters. The maximum atomic E-state index is 14.7. The first-order valence-corrected chi connectivity index (χ1v) is 15.4. The topological polar surface area (TPSA) is 121 Å². The highest BCUT2D eigenvalue weighted by Crippen LogP contribution is 2.65. The minimum Gasteiger partial charge on any atom is -0.396 e. The van der Waals surface area contributed by atoms with Gasteiger partial charge in [-0.25, -0.2) is 4.68 Å². The van der Waals surface area contributed by atoms with Crippen LogP contribution in [-0.4, -0.2) is 103 Å². The molecule has 11 nitrogen and oxygen atoms in total. The number of benzene rings is 1. The molecule has 11 heteroatoms. The third-order valence-corrected chi connectivity index (χ3v) is 9.66. The van der Waals surface area contributed by atoms with Gasteiger partial charge in [-0.15, -0.1) is 18.3 Å². The van der Waals surface area contributed by atoms with Gasteiger partial charge in [0.25, 0.3) is 0 Å². The Morgan fingerprint density at radius 3 is 2.58 bits per heavy atom. The van der Waals surface area contributed by atoms with E-state index in [1.165, 1.54) is 0 Å². The molecule has 4 heterocycles. The van der Waals surface area contributed by atoms with E-state index in [1.807, 2.05) is 45.0 Å². The maximum absolute atomic E-state index is 14.7. The molecule has 1 aromatic heterocycles. The molecule has 5 rings (SSSR count). The number of rotatable bonds is 14. The van der Waals surface area contributed by atoms with Crippen LogP contribution in [0.3, 0.4) is 0 Å². The summed E-state index contributed by atoms with van der Waals surface area (Å²) < 4.78 is 8.57. The Morgan fingerprint density at radius 2 is 1.88 bits per heavy atom. The SMILES string of the molecule is C=CCN(Cn1nnc2ccccc21)C(=O)C1N(CCCCO)C(=O)[C@@H]2[C@H](C(=O)N(CC=C)CCC)[C@@]3(C)OC12CC3C. The number of aromatic nitrogens is 3. The van der Waals surface area contributed by atoms with Crippen LogP contribution in [-0.2, 0) is 25.8 Å². The van der Waals surface area contributed by atoms with Crippen molar-refractivity contribution in [1.29, 1.82) is 0 Å². The fourth-order valence-corrected chi connectivity index (χ4v) is 7.67. The van der Waals surface area contributed by atoms with E-state index in [2.05, 4.69) is 23.5 Å². The molecule has 232 valence electrons. The van der Waals surface area contributed by atoms with Crippen LogP contribution in [0.4, 0.5) is 0 Å². The van der Waals surface area contributed by atoms with Crippen LogP contribution in [0.15, 0.2) is 49.6 Å². The highest BCUT2D eigenvalue weighted by molar-refractivity contribution is 5.99. The standard InChI is InChI=1S/C32H44N6O5/c1-6-15-35(16-7-2)28(40)25-26-29(41)37(18-11-12-19-39)27(32(26)20-22(4)31(25,5)43-32)30(42)36(17-8-3)21-38-24-14-10-9-13-23(24)33-34-38/h6,8-10,13-14,22,25-27,39H,1,3,7,11-12,15-21H2,2,4-5H3/t22?,25-,26+,27?,31+,32?/m1/s1. The molecule has 0 radical (unpaired) electrons. The van der Waals surface area contributed by atoms with Gasteiger partial charge in [0.05, 0.1) is 23.0 Å². The van der Waals surface area contributed by atoms with Crippen LogP contribution in [0.5, 0.6) is 0 Å². The molecule has 6 atom stereocenters. The molecule has 0 saturated carbocycles. The van der Waals surface area contributed by atoms with E-state index in [0.29, 0.717) is 37.9 Å². The Balaban J connectivity index is 1.56. The number of amides is 3. The van der Waals surface area contributed by atoms with Gasteiger partial charge in [-0.05, 0) is 50.7 Å². The number of hydrogen-bond donors (Lipinski definition) is 1. The average Bonchev–Trinajstić information content (AvgIpc) is 3.66. The number of nitrogens with zero attached hydrogens (tertiary/aromatic N) is 6. The summed E-state index contributed by atoms with van der Waals surface area (Å²) >= 11 is 0. The summed E-state index contributed by atoms with van der Waals surface area (Å²) in [5, 5.41) is 18.0. The third kappa shape index (κ3) is 4.96. The minimum atomic E-state index is -1.15. The van der Waals surface area contributed by atoms with Crippen molar-refractivity contribution in [3.8, 4) is 0 Å². The number of carbonyl (C=O) groups is 3. The zero-order valence-electron chi connectivity index (χ0n) is 25.5. The molecular formula is C32H44N6O5. The lowest BCUT2D eigenvalue weighted by Crippen LogP contribution is -2.57. The maximum Gasteiger partial charge on any atom is 0.250 e. The van der Waals surface area contributed by atoms with Crippen LogP contribution in [0.25, 0.3) is 11.0 Å². The monoisotopic (exact) mass is 592 g/mol. The molecule has 3 fully saturated rings. The summed E-state index contributed by atoms with van der Waals surface area (Å²) in [5.74, 6) is -2.20. The normalized spacial score (nSPS) is 29.2. The second-order valence-corrected chi connectivity index (χ2v) is 12.3. The van der Waals surface area contributed by atoms with Gasteiger partial charge in [0, 0.05) is 32.8 Å². The van der Waals surface area contributed by atoms with E-state index < -0.39 is 29.1 Å². The average molecular weight is 593 g/mol. The number of ether oxygens (including phenoxy) is 1. The lowest BCUT2D eigenvalue weighted by Gasteiger charge is -2.39. The lowest BCUT2D eigenvalue weighted by molar-refractivity contribution is -0.155. The van der Waals surface area contributed by atoms with Crippen molar-refractivity contribution in [2.45, 2.75) is 70.4 Å². The first kappa shape index (κ1) is 30.9. The Labute approximate surface area is 253 Å². The van der Waals surface area contributed by atoms with Crippen molar-refractivity contribution >= 4 is 28.8 Å². The Hall–Kier alpha value is -3.57. The van der Waals surface area contributed by atoms with Crippen molar-refractivity contribution in [1.82, 2.24) is 29.7 Å². The highest BCUT2D eigenvalue weighted by Gasteiger charge is 2.80. The summed E-state index contributed by atoms with van der Waals surface area (Å²) in [4.78, 5) is 48.4. The number of unbranched alkanes of at least 4 members (excludes halogenated alkanes) is 1. The van der Waals surface area contributed by atoms with Gasteiger partial charge in [-0.3, -0.25) is 14.4 Å². The molecule has 1 N–H and O–H groups in total. The second-order valence-electron chi connectivity index (χ2n) is 12.3. The molecule has 3 amide bonds. The molecular weight excluding hydrogens is 548 g/mol. The number of hydrogen-bond acceptors (Lipinski definition) is 7. The van der Waals surface area contributed by atoms with Crippen LogP contribution in [0.2, 0.25) is 0 Å². The van der Waals surface area contributed by atoms with Gasteiger partial charge >= 0.3 is 0 Å². The van der Waals surface area contributed by atoms with Crippen molar-refractivity contribution in [3.63, 3.8) is 0 Å². The minimum absolute atomic E-state index is 0.0164. The van der Waals surface area contributed by atoms with Crippen LogP contribution in [0.1, 0.15) is 46.5 Å². The molecule has 3 aliphatic heterocycles. The summed E-state index contributed by atoms with van der Waals surface area (Å²) in [6.45, 7) is 15.2. The Bertz CT molecular complexity index is 1390. The molecule has 43 heavy (non-hydrogen) atoms. The van der Waals surface area contributed by atoms with Crippen LogP contribution in [0, 0.1) is 17.8 Å². The van der Waals surface area contributed by atoms with Crippen molar-refractivity contribution in [2.24, 2.45) is 17.8 Å². The number of aliphatic hydroxyl groups is 1. The van der Waals surface area contributed by atoms with Crippen molar-refractivity contribution < 1.29 is 24.2 Å². The molecule has 3 saturated heterocycles. The summed E-state index contributed by atoms with van der Waals surface area (Å²) in [5.41, 5.74) is -0.555. The summed E-state index contributed by atoms with van der Waals surface area (Å²) in [7, 11) is 0. The largest absolute Gasteiger partial charge is 0.396 e. The molecule has 1 spiro atoms. The Kier molecular flexibility index (Phi) is 8.76. The highest BCUT2D eigenvalue weighted by atomic mass is 16.5. The summed E-state index contributed by atoms with van der Waals surface area (Å²) in [6.07, 6.45) is 5.62. The first-order valence-electron chi connectivity index (χ1n) is 15.4. The fourth-order valence-electron chi connectivity index (χ4n) is 7.67. The molecule has 2 bridgehead atoms. The van der Waals surface area contributed by atoms with Crippen molar-refractivity contribution in [2.75, 3.05) is 32.8 Å². The van der Waals surface area contributed by atoms with Gasteiger partial charge in [0.2, 0.25) is 17.7 Å². The van der Waals surface area contributed by atoms with Crippen molar-refractivity contribution in [3.05, 3.63) is 49.6 Å². The molecule has 3 aliphatic rings. The number of likely N-dealkylation sites (tertiary alicyclic amines) is 1.